The summed E-state index contributed by atoms with van der Waals surface area (Å²) in [4.78, 5) is 28.7. The molecule has 0 aliphatic carbocycles. The van der Waals surface area contributed by atoms with Gasteiger partial charge in [-0.1, -0.05) is 91.0 Å². The van der Waals surface area contributed by atoms with Crippen LogP contribution in [0.25, 0.3) is 11.1 Å². The van der Waals surface area contributed by atoms with Gasteiger partial charge in [0, 0.05) is 36.0 Å². The average Bonchev–Trinajstić information content (AvgIpc) is 3.13. The van der Waals surface area contributed by atoms with Crippen molar-refractivity contribution in [2.24, 2.45) is 0 Å². The van der Waals surface area contributed by atoms with Gasteiger partial charge in [-0.05, 0) is 52.1 Å². The fourth-order valence-electron chi connectivity index (χ4n) is 5.51. The van der Waals surface area contributed by atoms with E-state index in [0.29, 0.717) is 29.3 Å². The van der Waals surface area contributed by atoms with Crippen molar-refractivity contribution in [2.45, 2.75) is 43.1 Å². The van der Waals surface area contributed by atoms with Gasteiger partial charge in [0.05, 0.1) is 24.4 Å². The SMILES string of the molecule is O=C(NCc1ccccc1-c1ccc(C2OC(CSc3ncccc3C(=O)O)CC(c3ccc(CO)cc3)O2)cc1)c1ccccc1. The largest absolute Gasteiger partial charge is 0.478 e. The Balaban J connectivity index is 1.20. The van der Waals surface area contributed by atoms with E-state index in [4.69, 9.17) is 9.47 Å². The summed E-state index contributed by atoms with van der Waals surface area (Å²) in [7, 11) is 0. The fraction of sp³-hybridized carbons (Fsp3) is 0.184. The molecule has 1 aromatic heterocycles. The van der Waals surface area contributed by atoms with Crippen LogP contribution in [-0.2, 0) is 22.6 Å². The molecular weight excluding hydrogens is 612 g/mol. The number of carboxylic acids is 1. The second-order valence-electron chi connectivity index (χ2n) is 11.2. The highest BCUT2D eigenvalue weighted by molar-refractivity contribution is 7.99. The van der Waals surface area contributed by atoms with E-state index in [1.807, 2.05) is 91.0 Å². The summed E-state index contributed by atoms with van der Waals surface area (Å²) >= 11 is 1.35. The van der Waals surface area contributed by atoms with Crippen molar-refractivity contribution in [1.82, 2.24) is 10.3 Å². The number of aliphatic hydroxyl groups is 1. The number of rotatable bonds is 11. The predicted molar refractivity (Wildman–Crippen MR) is 180 cm³/mol. The number of benzene rings is 4. The molecule has 2 heterocycles. The molecule has 47 heavy (non-hydrogen) atoms. The summed E-state index contributed by atoms with van der Waals surface area (Å²) in [6.07, 6.45) is 0.971. The fourth-order valence-corrected chi connectivity index (χ4v) is 6.51. The molecular formula is C38H34N2O6S. The minimum absolute atomic E-state index is 0.0400. The molecule has 3 unspecified atom stereocenters. The first kappa shape index (κ1) is 32.2. The Hall–Kier alpha value is -4.80. The molecule has 1 aliphatic heterocycles. The van der Waals surface area contributed by atoms with Gasteiger partial charge in [0.1, 0.15) is 5.03 Å². The molecule has 0 saturated carbocycles. The number of hydrogen-bond donors (Lipinski definition) is 3. The third kappa shape index (κ3) is 7.96. The number of nitrogens with one attached hydrogen (secondary N) is 1. The van der Waals surface area contributed by atoms with Gasteiger partial charge >= 0.3 is 5.97 Å². The second kappa shape index (κ2) is 15.2. The number of aliphatic hydroxyl groups excluding tert-OH is 1. The van der Waals surface area contributed by atoms with Gasteiger partial charge < -0.3 is 25.0 Å². The molecule has 9 heteroatoms. The topological polar surface area (TPSA) is 118 Å². The van der Waals surface area contributed by atoms with Gasteiger partial charge in [-0.15, -0.1) is 11.8 Å². The Morgan fingerprint density at radius 1 is 0.830 bits per heavy atom. The predicted octanol–water partition coefficient (Wildman–Crippen LogP) is 7.21. The van der Waals surface area contributed by atoms with Gasteiger partial charge in [0.15, 0.2) is 6.29 Å². The van der Waals surface area contributed by atoms with E-state index in [9.17, 15) is 19.8 Å². The third-order valence-corrected chi connectivity index (χ3v) is 9.15. The maximum atomic E-state index is 12.7. The van der Waals surface area contributed by atoms with Crippen molar-refractivity contribution in [3.05, 3.63) is 155 Å². The molecule has 1 aliphatic rings. The van der Waals surface area contributed by atoms with Crippen LogP contribution < -0.4 is 5.32 Å². The highest BCUT2D eigenvalue weighted by atomic mass is 32.2. The van der Waals surface area contributed by atoms with E-state index < -0.39 is 12.3 Å². The van der Waals surface area contributed by atoms with Crippen LogP contribution in [0.15, 0.2) is 126 Å². The maximum absolute atomic E-state index is 12.7. The maximum Gasteiger partial charge on any atom is 0.338 e. The number of carboxylic acid groups (broad SMARTS) is 1. The van der Waals surface area contributed by atoms with Crippen molar-refractivity contribution >= 4 is 23.6 Å². The zero-order valence-corrected chi connectivity index (χ0v) is 26.3. The number of nitrogens with zero attached hydrogens (tertiary/aromatic N) is 1. The van der Waals surface area contributed by atoms with Crippen molar-refractivity contribution in [3.8, 4) is 11.1 Å². The summed E-state index contributed by atoms with van der Waals surface area (Å²) in [5, 5.41) is 22.6. The molecule has 6 rings (SSSR count). The van der Waals surface area contributed by atoms with Crippen molar-refractivity contribution < 1.29 is 29.3 Å². The zero-order chi connectivity index (χ0) is 32.6. The molecule has 4 aromatic carbocycles. The van der Waals surface area contributed by atoms with Crippen LogP contribution in [0.5, 0.6) is 0 Å². The van der Waals surface area contributed by atoms with Crippen molar-refractivity contribution in [2.75, 3.05) is 5.75 Å². The van der Waals surface area contributed by atoms with E-state index in [2.05, 4.69) is 10.3 Å². The van der Waals surface area contributed by atoms with Crippen LogP contribution in [0, 0.1) is 0 Å². The number of carbonyl (C=O) groups is 2. The number of thioether (sulfide) groups is 1. The Labute approximate surface area is 277 Å². The molecule has 8 nitrogen and oxygen atoms in total. The summed E-state index contributed by atoms with van der Waals surface area (Å²) in [5.74, 6) is -0.658. The van der Waals surface area contributed by atoms with Gasteiger partial charge in [0.2, 0.25) is 0 Å². The van der Waals surface area contributed by atoms with E-state index in [1.54, 1.807) is 30.5 Å². The Kier molecular flexibility index (Phi) is 10.4. The lowest BCUT2D eigenvalue weighted by Crippen LogP contribution is -2.31. The minimum atomic E-state index is -1.02. The number of carbonyl (C=O) groups excluding carboxylic acids is 1. The Morgan fingerprint density at radius 3 is 2.30 bits per heavy atom. The molecule has 5 aromatic rings. The van der Waals surface area contributed by atoms with Gasteiger partial charge in [-0.25, -0.2) is 9.78 Å². The van der Waals surface area contributed by atoms with Crippen molar-refractivity contribution in [1.29, 1.82) is 0 Å². The molecule has 1 fully saturated rings. The van der Waals surface area contributed by atoms with E-state index in [1.165, 1.54) is 11.8 Å². The van der Waals surface area contributed by atoms with E-state index in [0.717, 1.165) is 33.4 Å². The molecule has 3 N–H and O–H groups in total. The molecule has 3 atom stereocenters. The Morgan fingerprint density at radius 2 is 1.55 bits per heavy atom. The number of aromatic nitrogens is 1. The minimum Gasteiger partial charge on any atom is -0.478 e. The first-order chi connectivity index (χ1) is 23.0. The number of pyridine rings is 1. The molecule has 238 valence electrons. The average molecular weight is 647 g/mol. The van der Waals surface area contributed by atoms with Crippen LogP contribution in [0.3, 0.4) is 0 Å². The second-order valence-corrected chi connectivity index (χ2v) is 12.2. The van der Waals surface area contributed by atoms with Crippen LogP contribution in [0.4, 0.5) is 0 Å². The monoisotopic (exact) mass is 646 g/mol. The number of aromatic carboxylic acids is 1. The van der Waals surface area contributed by atoms with Crippen LogP contribution >= 0.6 is 11.8 Å². The molecule has 0 bridgehead atoms. The smallest absolute Gasteiger partial charge is 0.338 e. The molecule has 1 amide bonds. The van der Waals surface area contributed by atoms with E-state index in [-0.39, 0.29) is 30.3 Å². The van der Waals surface area contributed by atoms with Crippen molar-refractivity contribution in [3.63, 3.8) is 0 Å². The standard InChI is InChI=1S/C38H34N2O6S/c41-23-25-12-14-27(15-13-25)34-21-31(24-47-36-33(37(43)44)11-6-20-39-36)45-38(46-34)29-18-16-26(17-19-29)32-10-5-4-9-30(32)22-40-35(42)28-7-2-1-3-8-28/h1-20,31,34,38,41H,21-24H2,(H,40,42)(H,43,44). The quantitative estimate of drug-likeness (QED) is 0.129. The van der Waals surface area contributed by atoms with Gasteiger partial charge in [-0.2, -0.15) is 0 Å². The summed E-state index contributed by atoms with van der Waals surface area (Å²) in [5.41, 5.74) is 6.41. The molecule has 0 spiro atoms. The molecule has 1 saturated heterocycles. The normalized spacial score (nSPS) is 17.6. The van der Waals surface area contributed by atoms with Gasteiger partial charge in [0.25, 0.3) is 5.91 Å². The lowest BCUT2D eigenvalue weighted by atomic mass is 9.97. The molecule has 0 radical (unpaired) electrons. The lowest BCUT2D eigenvalue weighted by Gasteiger charge is -2.36. The zero-order valence-electron chi connectivity index (χ0n) is 25.5. The number of ether oxygens (including phenoxy) is 2. The van der Waals surface area contributed by atoms with Crippen LogP contribution in [0.2, 0.25) is 0 Å². The Bertz CT molecular complexity index is 1820. The first-order valence-corrected chi connectivity index (χ1v) is 16.3. The summed E-state index contributed by atoms with van der Waals surface area (Å²) in [6.45, 7) is 0.345. The third-order valence-electron chi connectivity index (χ3n) is 8.01. The van der Waals surface area contributed by atoms with Crippen LogP contribution in [-0.4, -0.2) is 38.9 Å². The van der Waals surface area contributed by atoms with Crippen LogP contribution in [0.1, 0.15) is 61.8 Å². The van der Waals surface area contributed by atoms with E-state index >= 15 is 0 Å². The highest BCUT2D eigenvalue weighted by Crippen LogP contribution is 2.40. The highest BCUT2D eigenvalue weighted by Gasteiger charge is 2.32. The number of amides is 1. The lowest BCUT2D eigenvalue weighted by molar-refractivity contribution is -0.245. The summed E-state index contributed by atoms with van der Waals surface area (Å²) in [6, 6.07) is 36.0. The first-order valence-electron chi connectivity index (χ1n) is 15.3. The van der Waals surface area contributed by atoms with Gasteiger partial charge in [-0.3, -0.25) is 4.79 Å². The number of hydrogen-bond acceptors (Lipinski definition) is 7. The summed E-state index contributed by atoms with van der Waals surface area (Å²) < 4.78 is 13.0.